The van der Waals surface area contributed by atoms with Crippen LogP contribution in [0, 0.1) is 0 Å². The monoisotopic (exact) mass is 427 g/mol. The van der Waals surface area contributed by atoms with E-state index in [0.29, 0.717) is 18.8 Å². The van der Waals surface area contributed by atoms with Crippen molar-refractivity contribution in [1.82, 2.24) is 19.1 Å². The fraction of sp³-hybridized carbons (Fsp3) is 0.381. The van der Waals surface area contributed by atoms with E-state index in [4.69, 9.17) is 0 Å². The molecule has 0 aliphatic carbocycles. The normalized spacial score (nSPS) is 15.6. The Morgan fingerprint density at radius 2 is 1.87 bits per heavy atom. The number of hydrogen-bond donors (Lipinski definition) is 1. The fourth-order valence-electron chi connectivity index (χ4n) is 3.64. The Kier molecular flexibility index (Phi) is 5.57. The molecule has 0 radical (unpaired) electrons. The van der Waals surface area contributed by atoms with Gasteiger partial charge in [0.1, 0.15) is 0 Å². The number of sulfonamides is 1. The van der Waals surface area contributed by atoms with Crippen LogP contribution < -0.4 is 5.32 Å². The summed E-state index contributed by atoms with van der Waals surface area (Å²) < 4.78 is 29.1. The molecule has 4 rings (SSSR count). The van der Waals surface area contributed by atoms with E-state index in [1.165, 1.54) is 16.4 Å². The van der Waals surface area contributed by atoms with Crippen LogP contribution in [0.5, 0.6) is 0 Å². The average molecular weight is 428 g/mol. The summed E-state index contributed by atoms with van der Waals surface area (Å²) in [6, 6.07) is 8.16. The minimum atomic E-state index is -3.60. The molecule has 1 N–H and O–H groups in total. The van der Waals surface area contributed by atoms with Crippen LogP contribution in [0.4, 0.5) is 5.69 Å². The first-order valence-electron chi connectivity index (χ1n) is 10.1. The summed E-state index contributed by atoms with van der Waals surface area (Å²) in [5, 5.41) is 7.95. The van der Waals surface area contributed by atoms with E-state index in [-0.39, 0.29) is 22.4 Å². The van der Waals surface area contributed by atoms with E-state index < -0.39 is 10.0 Å². The molecule has 1 aliphatic rings. The molecule has 1 aliphatic heterocycles. The van der Waals surface area contributed by atoms with Crippen LogP contribution in [0.15, 0.2) is 47.6 Å². The van der Waals surface area contributed by atoms with Crippen molar-refractivity contribution in [3.05, 3.63) is 48.3 Å². The van der Waals surface area contributed by atoms with Gasteiger partial charge in [-0.25, -0.2) is 18.1 Å². The van der Waals surface area contributed by atoms with Crippen LogP contribution in [0.3, 0.4) is 0 Å². The maximum Gasteiger partial charge on any atom is 0.255 e. The van der Waals surface area contributed by atoms with E-state index in [9.17, 15) is 13.2 Å². The zero-order chi connectivity index (χ0) is 21.3. The number of carbonyl (C=O) groups is 1. The van der Waals surface area contributed by atoms with Crippen molar-refractivity contribution < 1.29 is 13.2 Å². The van der Waals surface area contributed by atoms with Crippen LogP contribution in [-0.4, -0.2) is 46.5 Å². The van der Waals surface area contributed by atoms with Crippen molar-refractivity contribution >= 4 is 32.7 Å². The smallest absolute Gasteiger partial charge is 0.255 e. The molecule has 9 heteroatoms. The maximum absolute atomic E-state index is 12.9. The lowest BCUT2D eigenvalue weighted by Crippen LogP contribution is -2.35. The zero-order valence-electron chi connectivity index (χ0n) is 17.1. The second kappa shape index (κ2) is 8.16. The van der Waals surface area contributed by atoms with Crippen LogP contribution in [0.1, 0.15) is 49.5 Å². The van der Waals surface area contributed by atoms with E-state index in [1.807, 2.05) is 18.5 Å². The molecule has 1 aromatic carbocycles. The molecule has 1 saturated heterocycles. The van der Waals surface area contributed by atoms with Gasteiger partial charge in [0, 0.05) is 30.1 Å². The molecular formula is C21H25N5O3S. The number of benzene rings is 1. The Balaban J connectivity index is 1.55. The highest BCUT2D eigenvalue weighted by molar-refractivity contribution is 7.89. The Labute approximate surface area is 176 Å². The number of pyridine rings is 1. The molecule has 30 heavy (non-hydrogen) atoms. The van der Waals surface area contributed by atoms with Gasteiger partial charge in [-0.15, -0.1) is 0 Å². The van der Waals surface area contributed by atoms with Gasteiger partial charge < -0.3 is 5.32 Å². The quantitative estimate of drug-likeness (QED) is 0.673. The van der Waals surface area contributed by atoms with Gasteiger partial charge in [0.05, 0.1) is 23.0 Å². The summed E-state index contributed by atoms with van der Waals surface area (Å²) in [6.07, 6.45) is 6.06. The molecular weight excluding hydrogens is 402 g/mol. The van der Waals surface area contributed by atoms with E-state index in [0.717, 1.165) is 30.3 Å². The molecule has 158 valence electrons. The maximum atomic E-state index is 12.9. The summed E-state index contributed by atoms with van der Waals surface area (Å²) in [6.45, 7) is 5.09. The lowest BCUT2D eigenvalue weighted by atomic mass is 10.2. The van der Waals surface area contributed by atoms with Gasteiger partial charge in [-0.1, -0.05) is 12.5 Å². The van der Waals surface area contributed by atoms with E-state index in [1.54, 1.807) is 30.6 Å². The average Bonchev–Trinajstić information content (AvgIpc) is 3.18. The van der Waals surface area contributed by atoms with Gasteiger partial charge in [0.25, 0.3) is 5.91 Å². The Bertz CT molecular complexity index is 1180. The number of nitrogens with one attached hydrogen (secondary N) is 1. The van der Waals surface area contributed by atoms with Crippen molar-refractivity contribution in [2.45, 2.75) is 44.0 Å². The number of amides is 1. The van der Waals surface area contributed by atoms with Gasteiger partial charge >= 0.3 is 0 Å². The SMILES string of the molecule is CC(C)n1ncc2cc(NC(=O)c3cccc(S(=O)(=O)N4CCCCC4)c3)cnc21. The highest BCUT2D eigenvalue weighted by atomic mass is 32.2. The summed E-state index contributed by atoms with van der Waals surface area (Å²) in [5.41, 5.74) is 1.56. The number of fused-ring (bicyclic) bond motifs is 1. The summed E-state index contributed by atoms with van der Waals surface area (Å²) in [4.78, 5) is 17.3. The molecule has 3 aromatic rings. The van der Waals surface area contributed by atoms with Crippen LogP contribution in [0.2, 0.25) is 0 Å². The standard InChI is InChI=1S/C21H25N5O3S/c1-15(2)26-20-17(13-23-26)11-18(14-22-20)24-21(27)16-7-6-8-19(12-16)30(28,29)25-9-4-3-5-10-25/h6-8,11-15H,3-5,9-10H2,1-2H3,(H,24,27). The first-order valence-corrected chi connectivity index (χ1v) is 11.5. The third kappa shape index (κ3) is 3.95. The van der Waals surface area contributed by atoms with Gasteiger partial charge in [-0.3, -0.25) is 4.79 Å². The molecule has 0 spiro atoms. The second-order valence-corrected chi connectivity index (χ2v) is 9.70. The van der Waals surface area contributed by atoms with Crippen LogP contribution in [-0.2, 0) is 10.0 Å². The van der Waals surface area contributed by atoms with Crippen molar-refractivity contribution in [2.24, 2.45) is 0 Å². The van der Waals surface area contributed by atoms with E-state index in [2.05, 4.69) is 15.4 Å². The second-order valence-electron chi connectivity index (χ2n) is 7.77. The number of piperidine rings is 1. The van der Waals surface area contributed by atoms with Gasteiger partial charge in [-0.2, -0.15) is 9.40 Å². The number of rotatable bonds is 5. The molecule has 3 heterocycles. The third-order valence-corrected chi connectivity index (χ3v) is 7.12. The van der Waals surface area contributed by atoms with Gasteiger partial charge in [-0.05, 0) is 51.0 Å². The summed E-state index contributed by atoms with van der Waals surface area (Å²) in [5.74, 6) is -0.386. The van der Waals surface area contributed by atoms with Crippen LogP contribution >= 0.6 is 0 Å². The Morgan fingerprint density at radius 3 is 2.60 bits per heavy atom. The minimum Gasteiger partial charge on any atom is -0.321 e. The first kappa shape index (κ1) is 20.5. The molecule has 0 bridgehead atoms. The Hall–Kier alpha value is -2.78. The molecule has 1 fully saturated rings. The molecule has 1 amide bonds. The topological polar surface area (TPSA) is 97.2 Å². The first-order chi connectivity index (χ1) is 14.4. The molecule has 0 saturated carbocycles. The predicted octanol–water partition coefficient (Wildman–Crippen LogP) is 3.44. The Morgan fingerprint density at radius 1 is 1.10 bits per heavy atom. The molecule has 0 unspecified atom stereocenters. The fourth-order valence-corrected chi connectivity index (χ4v) is 5.21. The van der Waals surface area contributed by atoms with Crippen molar-refractivity contribution in [3.63, 3.8) is 0 Å². The van der Waals surface area contributed by atoms with Crippen molar-refractivity contribution in [1.29, 1.82) is 0 Å². The van der Waals surface area contributed by atoms with Crippen molar-refractivity contribution in [2.75, 3.05) is 18.4 Å². The van der Waals surface area contributed by atoms with Gasteiger partial charge in [0.2, 0.25) is 10.0 Å². The molecule has 0 atom stereocenters. The minimum absolute atomic E-state index is 0.142. The van der Waals surface area contributed by atoms with E-state index >= 15 is 0 Å². The highest BCUT2D eigenvalue weighted by Gasteiger charge is 2.26. The largest absolute Gasteiger partial charge is 0.321 e. The lowest BCUT2D eigenvalue weighted by Gasteiger charge is -2.26. The molecule has 8 nitrogen and oxygen atoms in total. The zero-order valence-corrected chi connectivity index (χ0v) is 17.9. The predicted molar refractivity (Wildman–Crippen MR) is 115 cm³/mol. The number of carbonyl (C=O) groups excluding carboxylic acids is 1. The summed E-state index contributed by atoms with van der Waals surface area (Å²) >= 11 is 0. The number of hydrogen-bond acceptors (Lipinski definition) is 5. The number of anilines is 1. The molecule has 2 aromatic heterocycles. The number of aromatic nitrogens is 3. The lowest BCUT2D eigenvalue weighted by molar-refractivity contribution is 0.102. The highest BCUT2D eigenvalue weighted by Crippen LogP contribution is 2.23. The number of nitrogens with zero attached hydrogens (tertiary/aromatic N) is 4. The summed E-state index contributed by atoms with van der Waals surface area (Å²) in [7, 11) is -3.60. The van der Waals surface area contributed by atoms with Crippen molar-refractivity contribution in [3.8, 4) is 0 Å². The van der Waals surface area contributed by atoms with Crippen LogP contribution in [0.25, 0.3) is 11.0 Å². The third-order valence-electron chi connectivity index (χ3n) is 5.23. The van der Waals surface area contributed by atoms with Gasteiger partial charge in [0.15, 0.2) is 5.65 Å².